The summed E-state index contributed by atoms with van der Waals surface area (Å²) in [4.78, 5) is 9.00. The monoisotopic (exact) mass is 338 g/mol. The van der Waals surface area contributed by atoms with Crippen LogP contribution in [0.15, 0.2) is 36.5 Å². The maximum Gasteiger partial charge on any atom is 0.129 e. The highest BCUT2D eigenvalue weighted by Crippen LogP contribution is 2.26. The molecule has 2 heterocycles. The Labute approximate surface area is 148 Å². The SMILES string of the molecule is COc1ccc(OC)c(CN2CCN(c3cc(C#N)ccn3)CC2)c1. The molecule has 0 spiro atoms. The number of nitrogens with zero attached hydrogens (tertiary/aromatic N) is 4. The van der Waals surface area contributed by atoms with Crippen molar-refractivity contribution in [3.63, 3.8) is 0 Å². The molecule has 6 heteroatoms. The van der Waals surface area contributed by atoms with E-state index in [0.29, 0.717) is 5.56 Å². The maximum atomic E-state index is 9.03. The molecule has 0 amide bonds. The molecule has 3 rings (SSSR count). The van der Waals surface area contributed by atoms with Crippen LogP contribution in [0.25, 0.3) is 0 Å². The Balaban J connectivity index is 1.64. The van der Waals surface area contributed by atoms with Gasteiger partial charge in [-0.1, -0.05) is 0 Å². The third kappa shape index (κ3) is 4.01. The van der Waals surface area contributed by atoms with Crippen molar-refractivity contribution in [2.24, 2.45) is 0 Å². The zero-order valence-electron chi connectivity index (χ0n) is 14.6. The zero-order valence-corrected chi connectivity index (χ0v) is 14.6. The summed E-state index contributed by atoms with van der Waals surface area (Å²) >= 11 is 0. The molecule has 0 radical (unpaired) electrons. The van der Waals surface area contributed by atoms with Crippen molar-refractivity contribution in [2.75, 3.05) is 45.3 Å². The molecule has 1 saturated heterocycles. The van der Waals surface area contributed by atoms with E-state index in [-0.39, 0.29) is 0 Å². The van der Waals surface area contributed by atoms with E-state index >= 15 is 0 Å². The molecule has 0 saturated carbocycles. The van der Waals surface area contributed by atoms with Crippen molar-refractivity contribution in [1.82, 2.24) is 9.88 Å². The van der Waals surface area contributed by atoms with Crippen LogP contribution in [0.3, 0.4) is 0 Å². The van der Waals surface area contributed by atoms with Crippen LogP contribution >= 0.6 is 0 Å². The molecule has 1 aliphatic rings. The van der Waals surface area contributed by atoms with Crippen LogP contribution in [0, 0.1) is 11.3 Å². The van der Waals surface area contributed by atoms with Gasteiger partial charge in [-0.3, -0.25) is 4.90 Å². The number of piperazine rings is 1. The Morgan fingerprint density at radius 1 is 1.08 bits per heavy atom. The Morgan fingerprint density at radius 3 is 2.56 bits per heavy atom. The molecule has 1 aliphatic heterocycles. The number of hydrogen-bond acceptors (Lipinski definition) is 6. The fraction of sp³-hybridized carbons (Fsp3) is 0.368. The van der Waals surface area contributed by atoms with E-state index < -0.39 is 0 Å². The Morgan fingerprint density at radius 2 is 1.88 bits per heavy atom. The van der Waals surface area contributed by atoms with Crippen molar-refractivity contribution in [3.05, 3.63) is 47.7 Å². The van der Waals surface area contributed by atoms with Crippen LogP contribution in [0.5, 0.6) is 11.5 Å². The molecular weight excluding hydrogens is 316 g/mol. The first-order valence-corrected chi connectivity index (χ1v) is 8.28. The van der Waals surface area contributed by atoms with Crippen LogP contribution < -0.4 is 14.4 Å². The van der Waals surface area contributed by atoms with E-state index in [0.717, 1.165) is 55.6 Å². The molecule has 1 aromatic heterocycles. The van der Waals surface area contributed by atoms with Gasteiger partial charge < -0.3 is 14.4 Å². The summed E-state index contributed by atoms with van der Waals surface area (Å²) in [6.07, 6.45) is 1.70. The van der Waals surface area contributed by atoms with Gasteiger partial charge in [-0.15, -0.1) is 0 Å². The lowest BCUT2D eigenvalue weighted by molar-refractivity contribution is 0.245. The van der Waals surface area contributed by atoms with Gasteiger partial charge >= 0.3 is 0 Å². The third-order valence-corrected chi connectivity index (χ3v) is 4.45. The van der Waals surface area contributed by atoms with Crippen molar-refractivity contribution in [1.29, 1.82) is 5.26 Å². The Bertz CT molecular complexity index is 764. The molecule has 0 aliphatic carbocycles. The quantitative estimate of drug-likeness (QED) is 0.834. The van der Waals surface area contributed by atoms with Gasteiger partial charge in [-0.05, 0) is 30.3 Å². The van der Waals surface area contributed by atoms with E-state index in [1.54, 1.807) is 26.5 Å². The van der Waals surface area contributed by atoms with Gasteiger partial charge in [0.1, 0.15) is 17.3 Å². The molecule has 25 heavy (non-hydrogen) atoms. The molecule has 0 unspecified atom stereocenters. The first-order chi connectivity index (χ1) is 12.2. The van der Waals surface area contributed by atoms with Gasteiger partial charge in [0.15, 0.2) is 0 Å². The molecule has 2 aromatic rings. The predicted molar refractivity (Wildman–Crippen MR) is 96.0 cm³/mol. The van der Waals surface area contributed by atoms with Crippen molar-refractivity contribution in [2.45, 2.75) is 6.54 Å². The van der Waals surface area contributed by atoms with Crippen molar-refractivity contribution >= 4 is 5.82 Å². The van der Waals surface area contributed by atoms with Gasteiger partial charge in [0, 0.05) is 44.5 Å². The van der Waals surface area contributed by atoms with Crippen LogP contribution in [0.4, 0.5) is 5.82 Å². The predicted octanol–water partition coefficient (Wildman–Crippen LogP) is 2.29. The second-order valence-electron chi connectivity index (χ2n) is 5.96. The lowest BCUT2D eigenvalue weighted by Gasteiger charge is -2.35. The highest BCUT2D eigenvalue weighted by molar-refractivity contribution is 5.45. The number of hydrogen-bond donors (Lipinski definition) is 0. The minimum Gasteiger partial charge on any atom is -0.497 e. The Kier molecular flexibility index (Phi) is 5.36. The molecule has 1 fully saturated rings. The summed E-state index contributed by atoms with van der Waals surface area (Å²) in [5, 5.41) is 9.03. The van der Waals surface area contributed by atoms with Gasteiger partial charge in [0.25, 0.3) is 0 Å². The number of aromatic nitrogens is 1. The van der Waals surface area contributed by atoms with E-state index in [9.17, 15) is 0 Å². The van der Waals surface area contributed by atoms with E-state index in [1.165, 1.54) is 0 Å². The van der Waals surface area contributed by atoms with E-state index in [2.05, 4.69) is 20.9 Å². The van der Waals surface area contributed by atoms with Crippen LogP contribution in [-0.4, -0.2) is 50.3 Å². The lowest BCUT2D eigenvalue weighted by atomic mass is 10.1. The van der Waals surface area contributed by atoms with Crippen LogP contribution in [0.2, 0.25) is 0 Å². The highest BCUT2D eigenvalue weighted by Gasteiger charge is 2.19. The number of benzene rings is 1. The number of rotatable bonds is 5. The molecule has 0 atom stereocenters. The second-order valence-corrected chi connectivity index (χ2v) is 5.96. The van der Waals surface area contributed by atoms with Gasteiger partial charge in [0.05, 0.1) is 25.9 Å². The third-order valence-electron chi connectivity index (χ3n) is 4.45. The first kappa shape index (κ1) is 17.1. The molecule has 1 aromatic carbocycles. The van der Waals surface area contributed by atoms with Crippen molar-refractivity contribution < 1.29 is 9.47 Å². The van der Waals surface area contributed by atoms with Crippen LogP contribution in [-0.2, 0) is 6.54 Å². The molecular formula is C19H22N4O2. The first-order valence-electron chi connectivity index (χ1n) is 8.28. The van der Waals surface area contributed by atoms with Crippen LogP contribution in [0.1, 0.15) is 11.1 Å². The largest absolute Gasteiger partial charge is 0.497 e. The highest BCUT2D eigenvalue weighted by atomic mass is 16.5. The smallest absolute Gasteiger partial charge is 0.129 e. The fourth-order valence-electron chi connectivity index (χ4n) is 3.04. The number of nitriles is 1. The van der Waals surface area contributed by atoms with Crippen molar-refractivity contribution in [3.8, 4) is 17.6 Å². The van der Waals surface area contributed by atoms with E-state index in [1.807, 2.05) is 24.3 Å². The zero-order chi connectivity index (χ0) is 17.6. The fourth-order valence-corrected chi connectivity index (χ4v) is 3.04. The normalized spacial score (nSPS) is 14.8. The summed E-state index contributed by atoms with van der Waals surface area (Å²) in [5.74, 6) is 2.59. The summed E-state index contributed by atoms with van der Waals surface area (Å²) in [7, 11) is 3.36. The second kappa shape index (κ2) is 7.86. The molecule has 6 nitrogen and oxygen atoms in total. The summed E-state index contributed by atoms with van der Waals surface area (Å²) in [6.45, 7) is 4.44. The minimum absolute atomic E-state index is 0.647. The topological polar surface area (TPSA) is 61.6 Å². The van der Waals surface area contributed by atoms with Gasteiger partial charge in [-0.2, -0.15) is 5.26 Å². The number of pyridine rings is 1. The molecule has 130 valence electrons. The number of ether oxygens (including phenoxy) is 2. The summed E-state index contributed by atoms with van der Waals surface area (Å²) < 4.78 is 10.8. The average Bonchev–Trinajstić information content (AvgIpc) is 2.68. The van der Waals surface area contributed by atoms with Gasteiger partial charge in [-0.25, -0.2) is 4.98 Å². The molecule has 0 bridgehead atoms. The molecule has 0 N–H and O–H groups in total. The maximum absolute atomic E-state index is 9.03. The summed E-state index contributed by atoms with van der Waals surface area (Å²) in [6, 6.07) is 11.6. The van der Waals surface area contributed by atoms with Gasteiger partial charge in [0.2, 0.25) is 0 Å². The standard InChI is InChI=1S/C19H22N4O2/c1-24-17-3-4-18(25-2)16(12-17)14-22-7-9-23(10-8-22)19-11-15(13-20)5-6-21-19/h3-6,11-12H,7-10,14H2,1-2H3. The Hall–Kier alpha value is -2.78. The average molecular weight is 338 g/mol. The summed E-state index contributed by atoms with van der Waals surface area (Å²) in [5.41, 5.74) is 1.77. The minimum atomic E-state index is 0.647. The number of anilines is 1. The lowest BCUT2D eigenvalue weighted by Crippen LogP contribution is -2.46. The van der Waals surface area contributed by atoms with E-state index in [4.69, 9.17) is 14.7 Å². The number of methoxy groups -OCH3 is 2.